The van der Waals surface area contributed by atoms with Gasteiger partial charge >= 0.3 is 11.9 Å². The summed E-state index contributed by atoms with van der Waals surface area (Å²) in [5, 5.41) is 0. The number of quaternary nitrogens is 1. The van der Waals surface area contributed by atoms with Crippen molar-refractivity contribution in [3.8, 4) is 0 Å². The smallest absolute Gasteiger partial charge is 0.308 e. The van der Waals surface area contributed by atoms with Crippen LogP contribution in [0.3, 0.4) is 0 Å². The number of hydrogen-bond donors (Lipinski definition) is 1. The first-order chi connectivity index (χ1) is 25.4. The molecule has 0 saturated carbocycles. The molecule has 3 N–H and O–H groups in total. The van der Waals surface area contributed by atoms with E-state index in [1.165, 1.54) is 103 Å². The van der Waals surface area contributed by atoms with Crippen molar-refractivity contribution >= 4 is 17.8 Å². The molecule has 0 saturated heterocycles. The first kappa shape index (κ1) is 47.6. The van der Waals surface area contributed by atoms with Crippen LogP contribution < -0.4 is 5.73 Å². The zero-order chi connectivity index (χ0) is 38.1. The van der Waals surface area contributed by atoms with E-state index >= 15 is 0 Å². The third-order valence-corrected chi connectivity index (χ3v) is 10.7. The maximum Gasteiger partial charge on any atom is 0.308 e. The molecule has 52 heavy (non-hydrogen) atoms. The Morgan fingerprint density at radius 2 is 0.923 bits per heavy atom. The lowest BCUT2D eigenvalue weighted by Crippen LogP contribution is -2.69. The minimum atomic E-state index is -0.492. The predicted octanol–water partition coefficient (Wildman–Crippen LogP) is 10.4. The van der Waals surface area contributed by atoms with Crippen LogP contribution in [0.15, 0.2) is 30.3 Å². The standard InChI is InChI=1S/C45H80N2O5/c1-5-9-11-13-15-17-19-21-23-28-32-40(7-3)44(49)51-36-34-47(43(48)42(46)38-39-30-26-25-27-31-39)35-37-52-45(50)41(8-4)33-29-24-22-20-18-16-14-12-10-6-2/h25-27,30-31,40-42H,5-24,28-29,32-38,46H2,1-4H3/p+1. The van der Waals surface area contributed by atoms with E-state index in [2.05, 4.69) is 19.6 Å². The average Bonchev–Trinajstić information content (AvgIpc) is 3.15. The zero-order valence-corrected chi connectivity index (χ0v) is 34.3. The maximum atomic E-state index is 13.6. The van der Waals surface area contributed by atoms with Gasteiger partial charge in [-0.1, -0.05) is 186 Å². The third-order valence-electron chi connectivity index (χ3n) is 10.7. The molecule has 0 spiro atoms. The Labute approximate surface area is 319 Å². The van der Waals surface area contributed by atoms with E-state index < -0.39 is 6.04 Å². The molecular formula is C45H81N2O5+. The summed E-state index contributed by atoms with van der Waals surface area (Å²) >= 11 is 0. The van der Waals surface area contributed by atoms with Gasteiger partial charge in [0.05, 0.1) is 24.9 Å². The first-order valence-corrected chi connectivity index (χ1v) is 21.9. The summed E-state index contributed by atoms with van der Waals surface area (Å²) in [5.74, 6) is -0.694. The van der Waals surface area contributed by atoms with Gasteiger partial charge in [-0.2, -0.15) is 0 Å². The molecule has 3 atom stereocenters. The van der Waals surface area contributed by atoms with E-state index in [1.807, 2.05) is 44.2 Å². The number of benzene rings is 1. The third kappa shape index (κ3) is 24.0. The highest BCUT2D eigenvalue weighted by Gasteiger charge is 2.26. The van der Waals surface area contributed by atoms with E-state index in [-0.39, 0.29) is 56.0 Å². The SMILES string of the molecule is CCCCCCCCCCCCC(CC)C(=O)OCCN(CCOC(=O)C(CC)CCCCCCCCCCCC)C(=O)C([NH3+])Cc1ccccc1. The number of ether oxygens (including phenoxy) is 2. The van der Waals surface area contributed by atoms with E-state index in [4.69, 9.17) is 9.47 Å². The van der Waals surface area contributed by atoms with Crippen LogP contribution in [-0.2, 0) is 30.3 Å². The molecule has 1 amide bonds. The van der Waals surface area contributed by atoms with Crippen molar-refractivity contribution in [2.24, 2.45) is 11.8 Å². The Hall–Kier alpha value is -2.41. The molecule has 7 nitrogen and oxygen atoms in total. The minimum absolute atomic E-state index is 0.112. The summed E-state index contributed by atoms with van der Waals surface area (Å²) < 4.78 is 11.5. The summed E-state index contributed by atoms with van der Waals surface area (Å²) in [5.41, 5.74) is 5.22. The van der Waals surface area contributed by atoms with Gasteiger partial charge in [-0.25, -0.2) is 0 Å². The summed E-state index contributed by atoms with van der Waals surface area (Å²) in [4.78, 5) is 41.3. The van der Waals surface area contributed by atoms with Gasteiger partial charge in [0, 0.05) is 6.42 Å². The Balaban J connectivity index is 2.53. The average molecular weight is 730 g/mol. The van der Waals surface area contributed by atoms with Crippen LogP contribution in [0.25, 0.3) is 0 Å². The van der Waals surface area contributed by atoms with Crippen molar-refractivity contribution in [2.75, 3.05) is 26.3 Å². The molecular weight excluding hydrogens is 649 g/mol. The first-order valence-electron chi connectivity index (χ1n) is 21.9. The molecule has 0 aliphatic rings. The number of rotatable bonds is 35. The normalized spacial score (nSPS) is 13.0. The van der Waals surface area contributed by atoms with Gasteiger partial charge in [-0.05, 0) is 31.2 Å². The molecule has 1 aromatic carbocycles. The largest absolute Gasteiger partial charge is 0.464 e. The van der Waals surface area contributed by atoms with Crippen LogP contribution in [0.5, 0.6) is 0 Å². The fourth-order valence-electron chi connectivity index (χ4n) is 7.06. The Morgan fingerprint density at radius 1 is 0.558 bits per heavy atom. The molecule has 300 valence electrons. The number of carbonyl (C=O) groups excluding carboxylic acids is 3. The summed E-state index contributed by atoms with van der Waals surface area (Å²) in [6, 6.07) is 9.38. The molecule has 0 heterocycles. The van der Waals surface area contributed by atoms with Crippen molar-refractivity contribution in [3.63, 3.8) is 0 Å². The number of hydrogen-bond acceptors (Lipinski definition) is 5. The topological polar surface area (TPSA) is 101 Å². The monoisotopic (exact) mass is 730 g/mol. The van der Waals surface area contributed by atoms with Crippen molar-refractivity contribution in [3.05, 3.63) is 35.9 Å². The minimum Gasteiger partial charge on any atom is -0.464 e. The summed E-state index contributed by atoms with van der Waals surface area (Å²) in [7, 11) is 0. The van der Waals surface area contributed by atoms with Crippen LogP contribution in [0.1, 0.15) is 187 Å². The van der Waals surface area contributed by atoms with Crippen LogP contribution in [0.2, 0.25) is 0 Å². The molecule has 0 aromatic heterocycles. The molecule has 0 fully saturated rings. The Morgan fingerprint density at radius 3 is 1.29 bits per heavy atom. The van der Waals surface area contributed by atoms with Crippen molar-refractivity contribution < 1.29 is 29.6 Å². The van der Waals surface area contributed by atoms with E-state index in [0.717, 1.165) is 56.9 Å². The highest BCUT2D eigenvalue weighted by Crippen LogP contribution is 2.19. The van der Waals surface area contributed by atoms with Gasteiger partial charge in [-0.15, -0.1) is 0 Å². The summed E-state index contributed by atoms with van der Waals surface area (Å²) in [6.07, 6.45) is 29.2. The second kappa shape index (κ2) is 33.2. The van der Waals surface area contributed by atoms with Crippen LogP contribution >= 0.6 is 0 Å². The molecule has 0 bridgehead atoms. The molecule has 0 aliphatic heterocycles. The highest BCUT2D eigenvalue weighted by molar-refractivity contribution is 5.81. The van der Waals surface area contributed by atoms with Crippen molar-refractivity contribution in [1.82, 2.24) is 4.90 Å². The number of esters is 2. The van der Waals surface area contributed by atoms with Gasteiger partial charge < -0.3 is 20.1 Å². The highest BCUT2D eigenvalue weighted by atomic mass is 16.5. The molecule has 1 rings (SSSR count). The van der Waals surface area contributed by atoms with Crippen LogP contribution in [0, 0.1) is 11.8 Å². The maximum absolute atomic E-state index is 13.6. The molecule has 1 aromatic rings. The fourth-order valence-corrected chi connectivity index (χ4v) is 7.06. The van der Waals surface area contributed by atoms with Gasteiger partial charge in [0.25, 0.3) is 5.91 Å². The molecule has 0 radical (unpaired) electrons. The second-order valence-corrected chi connectivity index (χ2v) is 15.2. The summed E-state index contributed by atoms with van der Waals surface area (Å²) in [6.45, 7) is 9.37. The lowest BCUT2D eigenvalue weighted by Gasteiger charge is -2.25. The van der Waals surface area contributed by atoms with Crippen LogP contribution in [0.4, 0.5) is 0 Å². The Bertz CT molecular complexity index is 953. The van der Waals surface area contributed by atoms with E-state index in [0.29, 0.717) is 6.42 Å². The quantitative estimate of drug-likeness (QED) is 0.0554. The number of amides is 1. The van der Waals surface area contributed by atoms with Crippen LogP contribution in [-0.4, -0.2) is 55.1 Å². The zero-order valence-electron chi connectivity index (χ0n) is 34.3. The Kier molecular flexibility index (Phi) is 30.4. The van der Waals surface area contributed by atoms with Gasteiger partial charge in [0.15, 0.2) is 6.04 Å². The predicted molar refractivity (Wildman–Crippen MR) is 216 cm³/mol. The molecule has 3 unspecified atom stereocenters. The molecule has 0 aliphatic carbocycles. The number of nitrogens with zero attached hydrogens (tertiary/aromatic N) is 1. The lowest BCUT2D eigenvalue weighted by molar-refractivity contribution is -0.405. The van der Waals surface area contributed by atoms with Gasteiger partial charge in [-0.3, -0.25) is 14.4 Å². The van der Waals surface area contributed by atoms with Gasteiger partial charge in [0.1, 0.15) is 13.2 Å². The molecule has 7 heteroatoms. The fraction of sp³-hybridized carbons (Fsp3) is 0.800. The number of unbranched alkanes of at least 4 members (excludes halogenated alkanes) is 18. The lowest BCUT2D eigenvalue weighted by atomic mass is 9.98. The second-order valence-electron chi connectivity index (χ2n) is 15.2. The van der Waals surface area contributed by atoms with Crippen molar-refractivity contribution in [2.45, 2.75) is 194 Å². The number of carbonyl (C=O) groups is 3. The van der Waals surface area contributed by atoms with Crippen molar-refractivity contribution in [1.29, 1.82) is 0 Å². The van der Waals surface area contributed by atoms with Gasteiger partial charge in [0.2, 0.25) is 0 Å². The van der Waals surface area contributed by atoms with E-state index in [9.17, 15) is 14.4 Å². The van der Waals surface area contributed by atoms with E-state index in [1.54, 1.807) is 4.90 Å².